The second-order valence-corrected chi connectivity index (χ2v) is 8.29. The fourth-order valence-electron chi connectivity index (χ4n) is 4.25. The van der Waals surface area contributed by atoms with Crippen LogP contribution in [0.25, 0.3) is 16.6 Å². The SMILES string of the molecule is O=C(NCCN(c1ccccc1)c1ccccc1)c1c(Cl)n(-c2ccccc2)c2ccccc12. The Morgan fingerprint density at radius 2 is 1.26 bits per heavy atom. The number of rotatable bonds is 7. The molecule has 0 aliphatic rings. The summed E-state index contributed by atoms with van der Waals surface area (Å²) < 4.78 is 1.92. The fourth-order valence-corrected chi connectivity index (χ4v) is 4.62. The van der Waals surface area contributed by atoms with Crippen LogP contribution in [-0.2, 0) is 0 Å². The summed E-state index contributed by atoms with van der Waals surface area (Å²) in [4.78, 5) is 15.5. The lowest BCUT2D eigenvalue weighted by molar-refractivity contribution is 0.0956. The lowest BCUT2D eigenvalue weighted by Crippen LogP contribution is -2.32. The first-order valence-corrected chi connectivity index (χ1v) is 11.6. The number of hydrogen-bond donors (Lipinski definition) is 1. The van der Waals surface area contributed by atoms with E-state index < -0.39 is 0 Å². The first-order chi connectivity index (χ1) is 16.7. The van der Waals surface area contributed by atoms with Gasteiger partial charge < -0.3 is 10.2 Å². The number of halogens is 1. The van der Waals surface area contributed by atoms with Crippen molar-refractivity contribution in [2.24, 2.45) is 0 Å². The van der Waals surface area contributed by atoms with Crippen LogP contribution in [0.5, 0.6) is 0 Å². The van der Waals surface area contributed by atoms with Crippen LogP contribution in [0.4, 0.5) is 11.4 Å². The highest BCUT2D eigenvalue weighted by atomic mass is 35.5. The summed E-state index contributed by atoms with van der Waals surface area (Å²) in [6.07, 6.45) is 0. The van der Waals surface area contributed by atoms with Crippen LogP contribution in [0.2, 0.25) is 5.15 Å². The summed E-state index contributed by atoms with van der Waals surface area (Å²) in [5.41, 5.74) is 4.46. The molecule has 34 heavy (non-hydrogen) atoms. The molecular formula is C29H24ClN3O. The maximum Gasteiger partial charge on any atom is 0.255 e. The molecule has 4 nitrogen and oxygen atoms in total. The van der Waals surface area contributed by atoms with Gasteiger partial charge in [0.05, 0.1) is 11.1 Å². The summed E-state index contributed by atoms with van der Waals surface area (Å²) in [5.74, 6) is -0.183. The summed E-state index contributed by atoms with van der Waals surface area (Å²) in [6.45, 7) is 1.08. The monoisotopic (exact) mass is 465 g/mol. The van der Waals surface area contributed by atoms with Crippen molar-refractivity contribution in [1.29, 1.82) is 0 Å². The average Bonchev–Trinajstić information content (AvgIpc) is 3.19. The molecule has 0 fully saturated rings. The minimum Gasteiger partial charge on any atom is -0.350 e. The van der Waals surface area contributed by atoms with Crippen LogP contribution in [0.3, 0.4) is 0 Å². The van der Waals surface area contributed by atoms with Crippen molar-refractivity contribution in [2.75, 3.05) is 18.0 Å². The zero-order valence-corrected chi connectivity index (χ0v) is 19.3. The quantitative estimate of drug-likeness (QED) is 0.285. The molecular weight excluding hydrogens is 442 g/mol. The Labute approximate surface area is 204 Å². The predicted molar refractivity (Wildman–Crippen MR) is 141 cm³/mol. The molecule has 0 aliphatic carbocycles. The van der Waals surface area contributed by atoms with Crippen molar-refractivity contribution in [3.8, 4) is 5.69 Å². The molecule has 1 amide bonds. The Morgan fingerprint density at radius 1 is 0.735 bits per heavy atom. The number of hydrogen-bond acceptors (Lipinski definition) is 2. The van der Waals surface area contributed by atoms with E-state index in [-0.39, 0.29) is 5.91 Å². The van der Waals surface area contributed by atoms with Gasteiger partial charge in [-0.1, -0.05) is 84.4 Å². The molecule has 5 rings (SSSR count). The number of aromatic nitrogens is 1. The maximum absolute atomic E-state index is 13.4. The Morgan fingerprint density at radius 3 is 1.88 bits per heavy atom. The van der Waals surface area contributed by atoms with Crippen LogP contribution in [0.1, 0.15) is 10.4 Å². The van der Waals surface area contributed by atoms with Crippen molar-refractivity contribution in [3.05, 3.63) is 126 Å². The van der Waals surface area contributed by atoms with E-state index in [0.29, 0.717) is 23.8 Å². The van der Waals surface area contributed by atoms with Gasteiger partial charge in [-0.2, -0.15) is 0 Å². The van der Waals surface area contributed by atoms with Crippen LogP contribution < -0.4 is 10.2 Å². The lowest BCUT2D eigenvalue weighted by Gasteiger charge is -2.25. The van der Waals surface area contributed by atoms with Gasteiger partial charge in [0.1, 0.15) is 5.15 Å². The third-order valence-corrected chi connectivity index (χ3v) is 6.17. The normalized spacial score (nSPS) is 10.9. The molecule has 1 heterocycles. The Hall–Kier alpha value is -4.02. The highest BCUT2D eigenvalue weighted by Gasteiger charge is 2.22. The molecule has 0 radical (unpaired) electrons. The number of amides is 1. The number of nitrogens with one attached hydrogen (secondary N) is 1. The predicted octanol–water partition coefficient (Wildman–Crippen LogP) is 6.85. The highest BCUT2D eigenvalue weighted by Crippen LogP contribution is 2.33. The van der Waals surface area contributed by atoms with E-state index in [1.165, 1.54) is 0 Å². The maximum atomic E-state index is 13.4. The largest absolute Gasteiger partial charge is 0.350 e. The topological polar surface area (TPSA) is 37.3 Å². The average molecular weight is 466 g/mol. The van der Waals surface area contributed by atoms with Gasteiger partial charge >= 0.3 is 0 Å². The van der Waals surface area contributed by atoms with Gasteiger partial charge in [0.15, 0.2) is 0 Å². The molecule has 5 heteroatoms. The Balaban J connectivity index is 1.41. The first-order valence-electron chi connectivity index (χ1n) is 11.2. The van der Waals surface area contributed by atoms with E-state index in [4.69, 9.17) is 11.6 Å². The smallest absolute Gasteiger partial charge is 0.255 e. The number of carbonyl (C=O) groups is 1. The van der Waals surface area contributed by atoms with Crippen LogP contribution in [0, 0.1) is 0 Å². The van der Waals surface area contributed by atoms with Crippen molar-refractivity contribution in [1.82, 2.24) is 9.88 Å². The standard InChI is InChI=1S/C29H24ClN3O/c30-28-27(25-18-10-11-19-26(25)33(28)24-16-8-3-9-17-24)29(34)31-20-21-32(22-12-4-1-5-13-22)23-14-6-2-7-15-23/h1-19H,20-21H2,(H,31,34). The Kier molecular flexibility index (Phi) is 6.32. The summed E-state index contributed by atoms with van der Waals surface area (Å²) in [7, 11) is 0. The second kappa shape index (κ2) is 9.86. The number of fused-ring (bicyclic) bond motifs is 1. The van der Waals surface area contributed by atoms with E-state index in [9.17, 15) is 4.79 Å². The first kappa shape index (κ1) is 21.8. The van der Waals surface area contributed by atoms with Gasteiger partial charge in [0.2, 0.25) is 0 Å². The summed E-state index contributed by atoms with van der Waals surface area (Å²) >= 11 is 6.81. The molecule has 0 atom stereocenters. The molecule has 0 spiro atoms. The van der Waals surface area contributed by atoms with Gasteiger partial charge in [-0.15, -0.1) is 0 Å². The van der Waals surface area contributed by atoms with E-state index in [2.05, 4.69) is 34.5 Å². The summed E-state index contributed by atoms with van der Waals surface area (Å²) in [5, 5.41) is 4.33. The number of benzene rings is 4. The van der Waals surface area contributed by atoms with Gasteiger partial charge in [-0.05, 0) is 42.5 Å². The van der Waals surface area contributed by atoms with Gasteiger partial charge in [-0.25, -0.2) is 0 Å². The molecule has 0 saturated heterocycles. The highest BCUT2D eigenvalue weighted by molar-refractivity contribution is 6.36. The minimum absolute atomic E-state index is 0.183. The second-order valence-electron chi connectivity index (χ2n) is 7.93. The van der Waals surface area contributed by atoms with E-state index >= 15 is 0 Å². The molecule has 0 unspecified atom stereocenters. The molecule has 5 aromatic rings. The molecule has 0 bridgehead atoms. The minimum atomic E-state index is -0.183. The molecule has 0 saturated carbocycles. The zero-order valence-electron chi connectivity index (χ0n) is 18.6. The van der Waals surface area contributed by atoms with Crippen LogP contribution in [-0.4, -0.2) is 23.6 Å². The third-order valence-electron chi connectivity index (χ3n) is 5.82. The lowest BCUT2D eigenvalue weighted by atomic mass is 10.1. The molecule has 0 aliphatic heterocycles. The number of carbonyl (C=O) groups excluding carboxylic acids is 1. The van der Waals surface area contributed by atoms with Gasteiger partial charge in [0, 0.05) is 35.5 Å². The Bertz CT molecular complexity index is 1360. The molecule has 1 aromatic heterocycles. The fraction of sp³-hybridized carbons (Fsp3) is 0.0690. The zero-order chi connectivity index (χ0) is 23.3. The molecule has 168 valence electrons. The third kappa shape index (κ3) is 4.28. The van der Waals surface area contributed by atoms with Crippen molar-refractivity contribution < 1.29 is 4.79 Å². The van der Waals surface area contributed by atoms with Gasteiger partial charge in [-0.3, -0.25) is 9.36 Å². The molecule has 4 aromatic carbocycles. The number of para-hydroxylation sites is 4. The van der Waals surface area contributed by atoms with Gasteiger partial charge in [0.25, 0.3) is 5.91 Å². The number of nitrogens with zero attached hydrogens (tertiary/aromatic N) is 2. The number of anilines is 2. The van der Waals surface area contributed by atoms with Crippen molar-refractivity contribution in [3.63, 3.8) is 0 Å². The molecule has 1 N–H and O–H groups in total. The van der Waals surface area contributed by atoms with Crippen LogP contribution in [0.15, 0.2) is 115 Å². The van der Waals surface area contributed by atoms with E-state index in [1.54, 1.807) is 0 Å². The van der Waals surface area contributed by atoms with E-state index in [0.717, 1.165) is 28.0 Å². The van der Waals surface area contributed by atoms with Crippen molar-refractivity contribution in [2.45, 2.75) is 0 Å². The van der Waals surface area contributed by atoms with Crippen molar-refractivity contribution >= 4 is 39.8 Å². The van der Waals surface area contributed by atoms with E-state index in [1.807, 2.05) is 95.6 Å². The van der Waals surface area contributed by atoms with Crippen LogP contribution >= 0.6 is 11.6 Å². The summed E-state index contributed by atoms with van der Waals surface area (Å²) in [6, 6.07) is 38.0.